The van der Waals surface area contributed by atoms with Gasteiger partial charge in [0.1, 0.15) is 5.65 Å². The number of pyridine rings is 1. The summed E-state index contributed by atoms with van der Waals surface area (Å²) in [6, 6.07) is 10.2. The van der Waals surface area contributed by atoms with Gasteiger partial charge in [-0.2, -0.15) is 0 Å². The van der Waals surface area contributed by atoms with Crippen LogP contribution in [-0.4, -0.2) is 26.9 Å². The fourth-order valence-electron chi connectivity index (χ4n) is 6.09. The van der Waals surface area contributed by atoms with Gasteiger partial charge in [-0.3, -0.25) is 4.90 Å². The van der Waals surface area contributed by atoms with Crippen LogP contribution in [0.15, 0.2) is 36.5 Å². The monoisotopic (exact) mass is 442 g/mol. The second-order valence-corrected chi connectivity index (χ2v) is 11.2. The normalized spacial score (nSPS) is 25.8. The largest absolute Gasteiger partial charge is 0.398 e. The Labute approximate surface area is 188 Å². The Morgan fingerprint density at radius 1 is 1.10 bits per heavy atom. The highest BCUT2D eigenvalue weighted by Crippen LogP contribution is 2.53. The molecule has 1 aromatic carbocycles. The number of aromatic nitrogens is 2. The third-order valence-corrected chi connectivity index (χ3v) is 7.55. The van der Waals surface area contributed by atoms with Gasteiger partial charge >= 0.3 is 0 Å². The van der Waals surface area contributed by atoms with E-state index in [4.69, 9.17) is 33.9 Å². The van der Waals surface area contributed by atoms with Crippen molar-refractivity contribution in [1.82, 2.24) is 14.3 Å². The lowest BCUT2D eigenvalue weighted by Gasteiger charge is -2.40. The smallest absolute Gasteiger partial charge is 0.137 e. The van der Waals surface area contributed by atoms with E-state index in [2.05, 4.69) is 30.1 Å². The summed E-state index contributed by atoms with van der Waals surface area (Å²) < 4.78 is 2.14. The Balaban J connectivity index is 1.59. The van der Waals surface area contributed by atoms with Gasteiger partial charge in [-0.25, -0.2) is 4.98 Å². The number of likely N-dealkylation sites (tertiary alicyclic amines) is 1. The van der Waals surface area contributed by atoms with Crippen molar-refractivity contribution in [2.45, 2.75) is 52.6 Å². The van der Waals surface area contributed by atoms with Crippen LogP contribution in [0.4, 0.5) is 5.69 Å². The molecule has 30 heavy (non-hydrogen) atoms. The standard InChI is InChI=1S/C24H28Cl2N4/c1-23(2)9-17-10-24(3,13-23)14-29(17)12-20-22(15-4-6-18(25)19(26)8-15)28-21-7-5-16(27)11-30(20)21/h4-8,11,17H,9-10,12-14,27H2,1-3H3. The summed E-state index contributed by atoms with van der Waals surface area (Å²) in [5.41, 5.74) is 11.6. The van der Waals surface area contributed by atoms with E-state index < -0.39 is 0 Å². The van der Waals surface area contributed by atoms with Crippen LogP contribution < -0.4 is 5.73 Å². The SMILES string of the molecule is CC1(C)CC2CC(C)(CN2Cc2c(-c3ccc(Cl)c(Cl)c3)nc3ccc(N)cn23)C1. The molecule has 3 heterocycles. The average molecular weight is 443 g/mol. The zero-order valence-electron chi connectivity index (χ0n) is 17.8. The van der Waals surface area contributed by atoms with E-state index in [9.17, 15) is 0 Å². The Kier molecular flexibility index (Phi) is 4.62. The van der Waals surface area contributed by atoms with Crippen molar-refractivity contribution in [3.8, 4) is 11.3 Å². The summed E-state index contributed by atoms with van der Waals surface area (Å²) in [4.78, 5) is 7.60. The van der Waals surface area contributed by atoms with Gasteiger partial charge in [0.05, 0.1) is 21.4 Å². The lowest BCUT2D eigenvalue weighted by molar-refractivity contribution is 0.126. The Bertz CT molecular complexity index is 1140. The minimum atomic E-state index is 0.385. The molecule has 2 bridgehead atoms. The molecule has 4 nitrogen and oxygen atoms in total. The molecular weight excluding hydrogens is 415 g/mol. The number of benzene rings is 1. The number of nitrogens with two attached hydrogens (primary N) is 1. The number of hydrogen-bond donors (Lipinski definition) is 1. The van der Waals surface area contributed by atoms with Crippen molar-refractivity contribution in [2.75, 3.05) is 12.3 Å². The third-order valence-electron chi connectivity index (χ3n) is 6.81. The molecule has 3 aromatic rings. The van der Waals surface area contributed by atoms with Crippen molar-refractivity contribution in [3.63, 3.8) is 0 Å². The van der Waals surface area contributed by atoms with Gasteiger partial charge in [-0.15, -0.1) is 0 Å². The van der Waals surface area contributed by atoms with Crippen molar-refractivity contribution >= 4 is 34.5 Å². The number of nitrogens with zero attached hydrogens (tertiary/aromatic N) is 3. The number of rotatable bonds is 3. The third kappa shape index (κ3) is 3.49. The first-order valence-corrected chi connectivity index (χ1v) is 11.3. The van der Waals surface area contributed by atoms with Crippen LogP contribution in [-0.2, 0) is 6.54 Å². The molecule has 2 fully saturated rings. The average Bonchev–Trinajstić information content (AvgIpc) is 3.11. The van der Waals surface area contributed by atoms with Gasteiger partial charge < -0.3 is 10.1 Å². The molecule has 5 rings (SSSR count). The summed E-state index contributed by atoms with van der Waals surface area (Å²) in [7, 11) is 0. The van der Waals surface area contributed by atoms with E-state index in [0.29, 0.717) is 26.9 Å². The highest BCUT2D eigenvalue weighted by atomic mass is 35.5. The number of nitrogen functional groups attached to an aromatic ring is 1. The molecule has 2 aliphatic rings. The van der Waals surface area contributed by atoms with Crippen molar-refractivity contribution in [3.05, 3.63) is 52.3 Å². The zero-order valence-corrected chi connectivity index (χ0v) is 19.3. The number of halogens is 2. The van der Waals surface area contributed by atoms with Crippen LogP contribution in [0.2, 0.25) is 10.0 Å². The van der Waals surface area contributed by atoms with Crippen molar-refractivity contribution in [1.29, 1.82) is 0 Å². The molecule has 6 heteroatoms. The predicted octanol–water partition coefficient (Wildman–Crippen LogP) is 6.29. The molecule has 1 aliphatic carbocycles. The van der Waals surface area contributed by atoms with Gasteiger partial charge in [0, 0.05) is 36.6 Å². The fourth-order valence-corrected chi connectivity index (χ4v) is 6.39. The number of imidazole rings is 1. The van der Waals surface area contributed by atoms with Gasteiger partial charge in [-0.1, -0.05) is 50.0 Å². The lowest BCUT2D eigenvalue weighted by atomic mass is 9.65. The van der Waals surface area contributed by atoms with E-state index in [0.717, 1.165) is 41.4 Å². The highest BCUT2D eigenvalue weighted by Gasteiger charge is 2.49. The molecule has 1 saturated carbocycles. The molecule has 2 atom stereocenters. The lowest BCUT2D eigenvalue weighted by Crippen LogP contribution is -2.34. The number of fused-ring (bicyclic) bond motifs is 3. The molecule has 158 valence electrons. The maximum absolute atomic E-state index is 6.34. The van der Waals surface area contributed by atoms with E-state index in [1.165, 1.54) is 19.3 Å². The summed E-state index contributed by atoms with van der Waals surface area (Å²) >= 11 is 12.5. The Hall–Kier alpha value is -1.75. The minimum absolute atomic E-state index is 0.385. The molecule has 2 N–H and O–H groups in total. The molecule has 2 unspecified atom stereocenters. The van der Waals surface area contributed by atoms with Crippen LogP contribution in [0.25, 0.3) is 16.9 Å². The summed E-state index contributed by atoms with van der Waals surface area (Å²) in [5, 5.41) is 1.10. The van der Waals surface area contributed by atoms with E-state index in [-0.39, 0.29) is 0 Å². The summed E-state index contributed by atoms with van der Waals surface area (Å²) in [6.45, 7) is 9.25. The van der Waals surface area contributed by atoms with Crippen LogP contribution in [0, 0.1) is 10.8 Å². The van der Waals surface area contributed by atoms with Crippen LogP contribution in [0.5, 0.6) is 0 Å². The molecule has 2 aromatic heterocycles. The first kappa shape index (κ1) is 20.2. The number of hydrogen-bond acceptors (Lipinski definition) is 3. The van der Waals surface area contributed by atoms with Crippen LogP contribution >= 0.6 is 23.2 Å². The molecule has 0 spiro atoms. The second-order valence-electron chi connectivity index (χ2n) is 10.3. The summed E-state index contributed by atoms with van der Waals surface area (Å²) in [6.07, 6.45) is 5.78. The quantitative estimate of drug-likeness (QED) is 0.518. The van der Waals surface area contributed by atoms with Crippen LogP contribution in [0.3, 0.4) is 0 Å². The molecular formula is C24H28Cl2N4. The number of anilines is 1. The van der Waals surface area contributed by atoms with E-state index in [1.54, 1.807) is 0 Å². The summed E-state index contributed by atoms with van der Waals surface area (Å²) in [5.74, 6) is 0. The molecule has 1 saturated heterocycles. The van der Waals surface area contributed by atoms with Crippen molar-refractivity contribution in [2.24, 2.45) is 10.8 Å². The predicted molar refractivity (Wildman–Crippen MR) is 125 cm³/mol. The molecule has 0 radical (unpaired) electrons. The van der Waals surface area contributed by atoms with E-state index in [1.807, 2.05) is 36.5 Å². The maximum atomic E-state index is 6.34. The molecule has 1 aliphatic heterocycles. The first-order chi connectivity index (χ1) is 14.1. The highest BCUT2D eigenvalue weighted by molar-refractivity contribution is 6.42. The van der Waals surface area contributed by atoms with Gasteiger partial charge in [0.2, 0.25) is 0 Å². The topological polar surface area (TPSA) is 46.6 Å². The Morgan fingerprint density at radius 2 is 1.90 bits per heavy atom. The second kappa shape index (κ2) is 6.88. The van der Waals surface area contributed by atoms with Crippen LogP contribution in [0.1, 0.15) is 45.7 Å². The molecule has 0 amide bonds. The fraction of sp³-hybridized carbons (Fsp3) is 0.458. The Morgan fingerprint density at radius 3 is 2.67 bits per heavy atom. The van der Waals surface area contributed by atoms with Gasteiger partial charge in [0.15, 0.2) is 0 Å². The first-order valence-electron chi connectivity index (χ1n) is 10.6. The maximum Gasteiger partial charge on any atom is 0.137 e. The van der Waals surface area contributed by atoms with Gasteiger partial charge in [0.25, 0.3) is 0 Å². The van der Waals surface area contributed by atoms with E-state index >= 15 is 0 Å². The van der Waals surface area contributed by atoms with Gasteiger partial charge in [-0.05, 0) is 54.4 Å². The minimum Gasteiger partial charge on any atom is -0.398 e. The van der Waals surface area contributed by atoms with Crippen molar-refractivity contribution < 1.29 is 0 Å². The zero-order chi connectivity index (χ0) is 21.3.